The number of hydrogen-bond donors (Lipinski definition) is 1. The lowest BCUT2D eigenvalue weighted by atomic mass is 10.0. The molecule has 0 saturated carbocycles. The summed E-state index contributed by atoms with van der Waals surface area (Å²) in [5, 5.41) is 0.815. The van der Waals surface area contributed by atoms with Gasteiger partial charge in [-0.3, -0.25) is 4.90 Å². The maximum Gasteiger partial charge on any atom is 0.0488 e. The van der Waals surface area contributed by atoms with Crippen LogP contribution in [0.15, 0.2) is 22.7 Å². The molecule has 0 aliphatic carbocycles. The summed E-state index contributed by atoms with van der Waals surface area (Å²) in [4.78, 5) is 2.52. The molecular formula is C14H20BrClN2. The zero-order valence-electron chi connectivity index (χ0n) is 10.7. The Balaban J connectivity index is 2.30. The van der Waals surface area contributed by atoms with Crippen molar-refractivity contribution in [1.29, 1.82) is 0 Å². The fourth-order valence-corrected chi connectivity index (χ4v) is 3.54. The monoisotopic (exact) mass is 330 g/mol. The average Bonchev–Trinajstić information content (AvgIpc) is 2.83. The minimum absolute atomic E-state index is 0.238. The second kappa shape index (κ2) is 6.38. The molecule has 2 unspecified atom stereocenters. The standard InChI is InChI=1S/C14H20BrClN2/c1-2-11-4-3-7-18(11)14(9-17)12-8-10(15)5-6-13(12)16/h5-6,8,11,14H,2-4,7,9,17H2,1H3. The van der Waals surface area contributed by atoms with Crippen LogP contribution >= 0.6 is 27.5 Å². The number of nitrogens with zero attached hydrogens (tertiary/aromatic N) is 1. The molecule has 1 aromatic carbocycles. The Hall–Kier alpha value is -0.0900. The molecule has 100 valence electrons. The fraction of sp³-hybridized carbons (Fsp3) is 0.571. The van der Waals surface area contributed by atoms with E-state index in [2.05, 4.69) is 33.8 Å². The van der Waals surface area contributed by atoms with Crippen LogP contribution in [0.4, 0.5) is 0 Å². The van der Waals surface area contributed by atoms with Crippen molar-refractivity contribution in [3.8, 4) is 0 Å². The number of hydrogen-bond acceptors (Lipinski definition) is 2. The molecule has 1 heterocycles. The molecule has 4 heteroatoms. The highest BCUT2D eigenvalue weighted by molar-refractivity contribution is 9.10. The quantitative estimate of drug-likeness (QED) is 0.904. The van der Waals surface area contributed by atoms with E-state index >= 15 is 0 Å². The van der Waals surface area contributed by atoms with Crippen molar-refractivity contribution >= 4 is 27.5 Å². The van der Waals surface area contributed by atoms with Gasteiger partial charge in [0.15, 0.2) is 0 Å². The first-order valence-corrected chi connectivity index (χ1v) is 7.75. The van der Waals surface area contributed by atoms with E-state index in [-0.39, 0.29) is 6.04 Å². The van der Waals surface area contributed by atoms with Crippen molar-refractivity contribution in [2.24, 2.45) is 5.73 Å². The van der Waals surface area contributed by atoms with Crippen molar-refractivity contribution < 1.29 is 0 Å². The number of rotatable bonds is 4. The highest BCUT2D eigenvalue weighted by Gasteiger charge is 2.30. The highest BCUT2D eigenvalue weighted by Crippen LogP contribution is 2.34. The van der Waals surface area contributed by atoms with Gasteiger partial charge in [0.1, 0.15) is 0 Å². The Morgan fingerprint density at radius 1 is 1.56 bits per heavy atom. The van der Waals surface area contributed by atoms with Crippen molar-refractivity contribution in [3.05, 3.63) is 33.3 Å². The first-order valence-electron chi connectivity index (χ1n) is 6.58. The lowest BCUT2D eigenvalue weighted by Gasteiger charge is -2.32. The maximum absolute atomic E-state index is 6.34. The van der Waals surface area contributed by atoms with Crippen LogP contribution in [0.25, 0.3) is 0 Å². The first-order chi connectivity index (χ1) is 8.67. The van der Waals surface area contributed by atoms with Gasteiger partial charge in [0.2, 0.25) is 0 Å². The largest absolute Gasteiger partial charge is 0.329 e. The van der Waals surface area contributed by atoms with Gasteiger partial charge in [0.25, 0.3) is 0 Å². The predicted molar refractivity (Wildman–Crippen MR) is 81.0 cm³/mol. The van der Waals surface area contributed by atoms with Crippen LogP contribution in [-0.2, 0) is 0 Å². The van der Waals surface area contributed by atoms with Gasteiger partial charge >= 0.3 is 0 Å². The molecule has 1 aliphatic heterocycles. The molecule has 2 N–H and O–H groups in total. The second-order valence-electron chi connectivity index (χ2n) is 4.86. The molecule has 1 fully saturated rings. The number of nitrogens with two attached hydrogens (primary N) is 1. The molecule has 1 aliphatic rings. The summed E-state index contributed by atoms with van der Waals surface area (Å²) >= 11 is 9.85. The van der Waals surface area contributed by atoms with E-state index in [0.717, 1.165) is 21.6 Å². The van der Waals surface area contributed by atoms with Gasteiger partial charge in [-0.25, -0.2) is 0 Å². The zero-order chi connectivity index (χ0) is 13.1. The van der Waals surface area contributed by atoms with Crippen molar-refractivity contribution in [1.82, 2.24) is 4.90 Å². The smallest absolute Gasteiger partial charge is 0.0488 e. The van der Waals surface area contributed by atoms with Crippen molar-refractivity contribution in [2.45, 2.75) is 38.3 Å². The van der Waals surface area contributed by atoms with Gasteiger partial charge < -0.3 is 5.73 Å². The van der Waals surface area contributed by atoms with Gasteiger partial charge in [-0.1, -0.05) is 34.5 Å². The van der Waals surface area contributed by atoms with E-state index in [0.29, 0.717) is 12.6 Å². The van der Waals surface area contributed by atoms with E-state index in [4.69, 9.17) is 17.3 Å². The normalized spacial score (nSPS) is 22.3. The predicted octanol–water partition coefficient (Wildman–Crippen LogP) is 3.98. The Kier molecular flexibility index (Phi) is 5.07. The third-order valence-corrected chi connectivity index (χ3v) is 4.67. The summed E-state index contributed by atoms with van der Waals surface area (Å²) in [7, 11) is 0. The molecule has 0 amide bonds. The fourth-order valence-electron chi connectivity index (χ4n) is 2.92. The minimum Gasteiger partial charge on any atom is -0.329 e. The zero-order valence-corrected chi connectivity index (χ0v) is 13.0. The molecular weight excluding hydrogens is 312 g/mol. The van der Waals surface area contributed by atoms with Gasteiger partial charge in [-0.2, -0.15) is 0 Å². The third-order valence-electron chi connectivity index (χ3n) is 3.83. The van der Waals surface area contributed by atoms with Crippen molar-refractivity contribution in [2.75, 3.05) is 13.1 Å². The molecule has 1 aromatic rings. The number of halogens is 2. The summed E-state index contributed by atoms with van der Waals surface area (Å²) in [6.45, 7) is 4.00. The van der Waals surface area contributed by atoms with Crippen LogP contribution < -0.4 is 5.73 Å². The van der Waals surface area contributed by atoms with E-state index in [1.807, 2.05) is 12.1 Å². The Bertz CT molecular complexity index is 411. The third kappa shape index (κ3) is 2.90. The Labute approximate surface area is 123 Å². The molecule has 0 spiro atoms. The Morgan fingerprint density at radius 3 is 3.00 bits per heavy atom. The lowest BCUT2D eigenvalue weighted by Crippen LogP contribution is -2.37. The lowest BCUT2D eigenvalue weighted by molar-refractivity contribution is 0.180. The summed E-state index contributed by atoms with van der Waals surface area (Å²) < 4.78 is 1.06. The van der Waals surface area contributed by atoms with Crippen LogP contribution in [0.3, 0.4) is 0 Å². The Morgan fingerprint density at radius 2 is 2.33 bits per heavy atom. The SMILES string of the molecule is CCC1CCCN1C(CN)c1cc(Br)ccc1Cl. The molecule has 0 bridgehead atoms. The van der Waals surface area contributed by atoms with Crippen LogP contribution in [0.5, 0.6) is 0 Å². The minimum atomic E-state index is 0.238. The summed E-state index contributed by atoms with van der Waals surface area (Å²) in [6.07, 6.45) is 3.72. The molecule has 2 atom stereocenters. The van der Waals surface area contributed by atoms with Gasteiger partial charge in [0.05, 0.1) is 0 Å². The molecule has 18 heavy (non-hydrogen) atoms. The summed E-state index contributed by atoms with van der Waals surface area (Å²) in [6, 6.07) is 6.91. The molecule has 0 radical (unpaired) electrons. The molecule has 2 rings (SSSR count). The molecule has 1 saturated heterocycles. The average molecular weight is 332 g/mol. The van der Waals surface area contributed by atoms with Gasteiger partial charge in [0, 0.05) is 28.1 Å². The summed E-state index contributed by atoms with van der Waals surface area (Å²) in [5.74, 6) is 0. The van der Waals surface area contributed by atoms with Gasteiger partial charge in [-0.05, 0) is 49.6 Å². The highest BCUT2D eigenvalue weighted by atomic mass is 79.9. The maximum atomic E-state index is 6.34. The van der Waals surface area contributed by atoms with Crippen LogP contribution in [0.1, 0.15) is 37.8 Å². The van der Waals surface area contributed by atoms with Crippen LogP contribution in [-0.4, -0.2) is 24.0 Å². The van der Waals surface area contributed by atoms with Gasteiger partial charge in [-0.15, -0.1) is 0 Å². The van der Waals surface area contributed by atoms with E-state index < -0.39 is 0 Å². The summed E-state index contributed by atoms with van der Waals surface area (Å²) in [5.41, 5.74) is 7.15. The molecule has 0 aromatic heterocycles. The number of benzene rings is 1. The van der Waals surface area contributed by atoms with Crippen LogP contribution in [0.2, 0.25) is 5.02 Å². The topological polar surface area (TPSA) is 29.3 Å². The van der Waals surface area contributed by atoms with E-state index in [9.17, 15) is 0 Å². The van der Waals surface area contributed by atoms with E-state index in [1.54, 1.807) is 0 Å². The van der Waals surface area contributed by atoms with Crippen LogP contribution in [0, 0.1) is 0 Å². The first kappa shape index (κ1) is 14.3. The number of likely N-dealkylation sites (tertiary alicyclic amines) is 1. The van der Waals surface area contributed by atoms with E-state index in [1.165, 1.54) is 19.3 Å². The molecule has 2 nitrogen and oxygen atoms in total. The van der Waals surface area contributed by atoms with Crippen molar-refractivity contribution in [3.63, 3.8) is 0 Å². The second-order valence-corrected chi connectivity index (χ2v) is 6.18.